The number of hydrogen-bond donors (Lipinski definition) is 0. The number of benzene rings is 8. The second-order valence-electron chi connectivity index (χ2n) is 15.0. The number of anilines is 3. The van der Waals surface area contributed by atoms with Crippen LogP contribution in [0.25, 0.3) is 75.1 Å². The van der Waals surface area contributed by atoms with E-state index in [2.05, 4.69) is 169 Å². The maximum Gasteiger partial charge on any atom is 0.136 e. The van der Waals surface area contributed by atoms with Gasteiger partial charge in [-0.15, -0.1) is 11.3 Å². The maximum atomic E-state index is 6.45. The smallest absolute Gasteiger partial charge is 0.136 e. The molecule has 11 rings (SSSR count). The molecule has 0 aliphatic heterocycles. The molecule has 0 unspecified atom stereocenters. The second-order valence-corrected chi connectivity index (χ2v) is 16.1. The van der Waals surface area contributed by atoms with E-state index in [0.29, 0.717) is 5.92 Å². The van der Waals surface area contributed by atoms with Crippen molar-refractivity contribution in [3.05, 3.63) is 175 Å². The van der Waals surface area contributed by atoms with Crippen LogP contribution in [-0.2, 0) is 0 Å². The Morgan fingerprint density at radius 1 is 0.455 bits per heavy atom. The summed E-state index contributed by atoms with van der Waals surface area (Å²) in [7, 11) is 0. The van der Waals surface area contributed by atoms with Crippen LogP contribution < -0.4 is 4.90 Å². The average Bonchev–Trinajstić information content (AvgIpc) is 3.83. The topological polar surface area (TPSA) is 16.4 Å². The van der Waals surface area contributed by atoms with E-state index in [4.69, 9.17) is 4.42 Å². The molecule has 0 spiro atoms. The molecule has 55 heavy (non-hydrogen) atoms. The van der Waals surface area contributed by atoms with E-state index in [9.17, 15) is 0 Å². The van der Waals surface area contributed by atoms with Crippen molar-refractivity contribution in [3.8, 4) is 22.3 Å². The zero-order valence-electron chi connectivity index (χ0n) is 30.5. The molecular weight excluding hydrogens is 687 g/mol. The van der Waals surface area contributed by atoms with Crippen molar-refractivity contribution in [1.82, 2.24) is 0 Å². The van der Waals surface area contributed by atoms with Crippen LogP contribution in [0.1, 0.15) is 43.6 Å². The first-order valence-corrected chi connectivity index (χ1v) is 20.4. The molecule has 10 aromatic rings. The van der Waals surface area contributed by atoms with Crippen molar-refractivity contribution in [2.45, 2.75) is 38.0 Å². The van der Waals surface area contributed by atoms with Crippen molar-refractivity contribution in [2.75, 3.05) is 4.90 Å². The summed E-state index contributed by atoms with van der Waals surface area (Å²) in [5.41, 5.74) is 11.6. The number of furan rings is 1. The van der Waals surface area contributed by atoms with E-state index in [0.717, 1.165) is 44.4 Å². The van der Waals surface area contributed by atoms with Crippen LogP contribution in [0.4, 0.5) is 17.1 Å². The van der Waals surface area contributed by atoms with Crippen molar-refractivity contribution in [3.63, 3.8) is 0 Å². The number of rotatable bonds is 6. The molecule has 0 saturated heterocycles. The van der Waals surface area contributed by atoms with Crippen LogP contribution in [0.15, 0.2) is 174 Å². The van der Waals surface area contributed by atoms with Crippen molar-refractivity contribution >= 4 is 81.3 Å². The summed E-state index contributed by atoms with van der Waals surface area (Å²) in [6.07, 6.45) is 6.48. The first-order valence-electron chi connectivity index (χ1n) is 19.6. The van der Waals surface area contributed by atoms with E-state index in [-0.39, 0.29) is 0 Å². The Morgan fingerprint density at radius 2 is 1.09 bits per heavy atom. The third-order valence-corrected chi connectivity index (χ3v) is 13.0. The van der Waals surface area contributed by atoms with Gasteiger partial charge in [-0.25, -0.2) is 0 Å². The van der Waals surface area contributed by atoms with Gasteiger partial charge in [0.25, 0.3) is 0 Å². The van der Waals surface area contributed by atoms with Gasteiger partial charge in [0.1, 0.15) is 11.2 Å². The summed E-state index contributed by atoms with van der Waals surface area (Å²) in [5, 5.41) is 7.55. The summed E-state index contributed by atoms with van der Waals surface area (Å²) >= 11 is 1.87. The molecule has 1 aliphatic rings. The molecule has 1 aliphatic carbocycles. The normalized spacial score (nSPS) is 13.7. The highest BCUT2D eigenvalue weighted by atomic mass is 32.1. The molecule has 1 fully saturated rings. The molecule has 2 heterocycles. The second kappa shape index (κ2) is 13.3. The quantitative estimate of drug-likeness (QED) is 0.170. The predicted molar refractivity (Wildman–Crippen MR) is 235 cm³/mol. The Hall–Kier alpha value is -6.16. The molecule has 8 aromatic carbocycles. The zero-order valence-corrected chi connectivity index (χ0v) is 31.4. The molecule has 264 valence electrons. The van der Waals surface area contributed by atoms with E-state index in [1.54, 1.807) is 0 Å². The standard InChI is InChI=1S/C52H39NOS/c1-2-15-34(16-3-1)38-23-12-17-35-18-13-24-42(51(35)38)39-20-5-9-26-45(39)53(46-27-14-30-50-52(46)43-22-7-11-29-49(43)55-50)44-25-8-4-19-37(44)36-31-32-41-40-21-6-10-28-47(40)54-48(41)33-36/h4-14,17-34H,1-3,15-16H2. The lowest BCUT2D eigenvalue weighted by Crippen LogP contribution is -2.13. The fraction of sp³-hybridized carbons (Fsp3) is 0.115. The molecule has 0 N–H and O–H groups in total. The minimum atomic E-state index is 0.585. The number of thiophene rings is 1. The monoisotopic (exact) mass is 725 g/mol. The predicted octanol–water partition coefficient (Wildman–Crippen LogP) is 16.0. The summed E-state index contributed by atoms with van der Waals surface area (Å²) in [5.74, 6) is 0.585. The van der Waals surface area contributed by atoms with Gasteiger partial charge in [-0.2, -0.15) is 0 Å². The van der Waals surface area contributed by atoms with E-state index < -0.39 is 0 Å². The molecule has 1 saturated carbocycles. The Labute approximate surface area is 324 Å². The molecule has 3 heteroatoms. The number of fused-ring (bicyclic) bond motifs is 7. The van der Waals surface area contributed by atoms with Crippen molar-refractivity contribution in [1.29, 1.82) is 0 Å². The molecule has 2 nitrogen and oxygen atoms in total. The average molecular weight is 726 g/mol. The highest BCUT2D eigenvalue weighted by Gasteiger charge is 2.26. The summed E-state index contributed by atoms with van der Waals surface area (Å²) in [6, 6.07) is 62.5. The molecule has 2 aromatic heterocycles. The van der Waals surface area contributed by atoms with Crippen LogP contribution >= 0.6 is 11.3 Å². The lowest BCUT2D eigenvalue weighted by molar-refractivity contribution is 0.445. The van der Waals surface area contributed by atoms with Gasteiger partial charge in [0, 0.05) is 42.1 Å². The first kappa shape index (κ1) is 32.3. The Morgan fingerprint density at radius 3 is 1.96 bits per heavy atom. The van der Waals surface area contributed by atoms with Crippen LogP contribution in [0.5, 0.6) is 0 Å². The van der Waals surface area contributed by atoms with Crippen LogP contribution in [0, 0.1) is 0 Å². The third-order valence-electron chi connectivity index (χ3n) is 11.9. The number of hydrogen-bond acceptors (Lipinski definition) is 3. The largest absolute Gasteiger partial charge is 0.456 e. The molecule has 0 radical (unpaired) electrons. The van der Waals surface area contributed by atoms with Gasteiger partial charge in [0.15, 0.2) is 0 Å². The highest BCUT2D eigenvalue weighted by Crippen LogP contribution is 2.51. The Bertz CT molecular complexity index is 3050. The van der Waals surface area contributed by atoms with Gasteiger partial charge in [-0.1, -0.05) is 141 Å². The Balaban J connectivity index is 1.19. The van der Waals surface area contributed by atoms with Crippen molar-refractivity contribution < 1.29 is 4.42 Å². The van der Waals surface area contributed by atoms with E-state index >= 15 is 0 Å². The van der Waals surface area contributed by atoms with E-state index in [1.807, 2.05) is 17.4 Å². The van der Waals surface area contributed by atoms with Gasteiger partial charge in [-0.05, 0) is 94.8 Å². The first-order chi connectivity index (χ1) is 27.3. The van der Waals surface area contributed by atoms with Gasteiger partial charge < -0.3 is 9.32 Å². The summed E-state index contributed by atoms with van der Waals surface area (Å²) in [4.78, 5) is 2.54. The number of nitrogens with zero attached hydrogens (tertiary/aromatic N) is 1. The third kappa shape index (κ3) is 5.37. The van der Waals surface area contributed by atoms with Gasteiger partial charge in [-0.3, -0.25) is 0 Å². The number of para-hydroxylation sites is 3. The van der Waals surface area contributed by atoms with Crippen molar-refractivity contribution in [2.24, 2.45) is 0 Å². The molecule has 0 bridgehead atoms. The lowest BCUT2D eigenvalue weighted by atomic mass is 9.80. The summed E-state index contributed by atoms with van der Waals surface area (Å²) in [6.45, 7) is 0. The van der Waals surface area contributed by atoms with Crippen LogP contribution in [-0.4, -0.2) is 0 Å². The lowest BCUT2D eigenvalue weighted by Gasteiger charge is -2.31. The molecule has 0 amide bonds. The van der Waals surface area contributed by atoms with Gasteiger partial charge in [0.05, 0.1) is 17.1 Å². The maximum absolute atomic E-state index is 6.45. The highest BCUT2D eigenvalue weighted by molar-refractivity contribution is 7.26. The molecular formula is C52H39NOS. The fourth-order valence-electron chi connectivity index (χ4n) is 9.38. The van der Waals surface area contributed by atoms with Crippen LogP contribution in [0.2, 0.25) is 0 Å². The fourth-order valence-corrected chi connectivity index (χ4v) is 10.5. The minimum absolute atomic E-state index is 0.585. The van der Waals surface area contributed by atoms with E-state index in [1.165, 1.54) is 85.4 Å². The zero-order chi connectivity index (χ0) is 36.3. The molecule has 0 atom stereocenters. The minimum Gasteiger partial charge on any atom is -0.456 e. The van der Waals surface area contributed by atoms with Crippen LogP contribution in [0.3, 0.4) is 0 Å². The SMILES string of the molecule is c1ccc(N(c2ccccc2-c2cccc3cccc(C4CCCCC4)c23)c2cccc3sc4ccccc4c23)c(-c2ccc3c(c2)oc2ccccc23)c1. The Kier molecular flexibility index (Phi) is 7.81. The summed E-state index contributed by atoms with van der Waals surface area (Å²) < 4.78 is 9.03. The van der Waals surface area contributed by atoms with Gasteiger partial charge in [0.2, 0.25) is 0 Å². The van der Waals surface area contributed by atoms with Gasteiger partial charge >= 0.3 is 0 Å².